The smallest absolute Gasteiger partial charge is 0.321 e. The second-order valence-electron chi connectivity index (χ2n) is 6.17. The molecule has 1 aliphatic rings. The molecule has 0 radical (unpaired) electrons. The van der Waals surface area contributed by atoms with Gasteiger partial charge in [0.1, 0.15) is 11.4 Å². The summed E-state index contributed by atoms with van der Waals surface area (Å²) in [6.07, 6.45) is 5.83. The van der Waals surface area contributed by atoms with Crippen LogP contribution in [0.5, 0.6) is 0 Å². The molecule has 0 aliphatic heterocycles. The maximum Gasteiger partial charge on any atom is 0.321 e. The van der Waals surface area contributed by atoms with Crippen molar-refractivity contribution in [2.75, 3.05) is 12.4 Å². The molecule has 0 atom stereocenters. The van der Waals surface area contributed by atoms with E-state index >= 15 is 0 Å². The molecule has 0 saturated heterocycles. The third-order valence-electron chi connectivity index (χ3n) is 4.57. The molecule has 1 N–H and O–H groups in total. The summed E-state index contributed by atoms with van der Waals surface area (Å²) in [4.78, 5) is 14.4. The monoisotopic (exact) mass is 313 g/mol. The van der Waals surface area contributed by atoms with Crippen molar-refractivity contribution in [1.82, 2.24) is 10.1 Å². The molecule has 0 bridgehead atoms. The lowest BCUT2D eigenvalue weighted by molar-refractivity contribution is 0.186. The van der Waals surface area contributed by atoms with Gasteiger partial charge < -0.3 is 14.7 Å². The van der Waals surface area contributed by atoms with Crippen LogP contribution in [-0.2, 0) is 0 Å². The van der Waals surface area contributed by atoms with E-state index in [0.29, 0.717) is 23.2 Å². The second kappa shape index (κ2) is 6.86. The van der Waals surface area contributed by atoms with Crippen molar-refractivity contribution in [3.8, 4) is 11.3 Å². The number of urea groups is 1. The first-order chi connectivity index (χ1) is 11.2. The summed E-state index contributed by atoms with van der Waals surface area (Å²) in [6, 6.07) is 9.94. The number of carbonyl (C=O) groups is 1. The van der Waals surface area contributed by atoms with Gasteiger partial charge in [0.2, 0.25) is 0 Å². The van der Waals surface area contributed by atoms with Gasteiger partial charge in [0, 0.05) is 18.7 Å². The molecule has 2 aromatic rings. The number of aromatic nitrogens is 1. The Balaban J connectivity index is 1.77. The van der Waals surface area contributed by atoms with E-state index < -0.39 is 0 Å². The van der Waals surface area contributed by atoms with Gasteiger partial charge in [-0.05, 0) is 19.8 Å². The molecule has 0 spiro atoms. The highest BCUT2D eigenvalue weighted by Gasteiger charge is 2.24. The molecule has 1 aliphatic carbocycles. The Morgan fingerprint density at radius 1 is 1.22 bits per heavy atom. The van der Waals surface area contributed by atoms with Crippen LogP contribution in [0.2, 0.25) is 0 Å². The summed E-state index contributed by atoms with van der Waals surface area (Å²) in [5, 5.41) is 6.99. The first-order valence-corrected chi connectivity index (χ1v) is 8.22. The van der Waals surface area contributed by atoms with Gasteiger partial charge in [0.25, 0.3) is 0 Å². The number of hydrogen-bond acceptors (Lipinski definition) is 3. The van der Waals surface area contributed by atoms with Gasteiger partial charge in [0.15, 0.2) is 5.76 Å². The Hall–Kier alpha value is -2.30. The fourth-order valence-corrected chi connectivity index (χ4v) is 3.13. The lowest BCUT2D eigenvalue weighted by Gasteiger charge is -2.31. The summed E-state index contributed by atoms with van der Waals surface area (Å²) < 4.78 is 5.42. The van der Waals surface area contributed by atoms with Crippen molar-refractivity contribution < 1.29 is 9.32 Å². The number of nitrogens with zero attached hydrogens (tertiary/aromatic N) is 2. The second-order valence-corrected chi connectivity index (χ2v) is 6.17. The van der Waals surface area contributed by atoms with E-state index in [1.165, 1.54) is 19.3 Å². The average Bonchev–Trinajstić information content (AvgIpc) is 2.96. The molecule has 1 heterocycles. The molecular formula is C18H23N3O2. The summed E-state index contributed by atoms with van der Waals surface area (Å²) >= 11 is 0. The minimum Gasteiger partial charge on any atom is -0.354 e. The molecule has 1 fully saturated rings. The van der Waals surface area contributed by atoms with E-state index in [0.717, 1.165) is 18.4 Å². The lowest BCUT2D eigenvalue weighted by atomic mass is 9.95. The van der Waals surface area contributed by atoms with Crippen molar-refractivity contribution in [3.63, 3.8) is 0 Å². The van der Waals surface area contributed by atoms with E-state index in [1.807, 2.05) is 49.2 Å². The van der Waals surface area contributed by atoms with Gasteiger partial charge >= 0.3 is 6.03 Å². The Kier molecular flexibility index (Phi) is 4.65. The van der Waals surface area contributed by atoms with E-state index in [-0.39, 0.29) is 6.03 Å². The zero-order valence-electron chi connectivity index (χ0n) is 13.7. The number of aryl methyl sites for hydroxylation is 1. The van der Waals surface area contributed by atoms with Crippen LogP contribution in [0, 0.1) is 6.92 Å². The van der Waals surface area contributed by atoms with Gasteiger partial charge in [-0.15, -0.1) is 0 Å². The zero-order chi connectivity index (χ0) is 16.2. The normalized spacial score (nSPS) is 15.4. The summed E-state index contributed by atoms with van der Waals surface area (Å²) in [5.41, 5.74) is 2.25. The largest absolute Gasteiger partial charge is 0.354 e. The third kappa shape index (κ3) is 3.38. The van der Waals surface area contributed by atoms with Gasteiger partial charge in [-0.1, -0.05) is 54.8 Å². The Bertz CT molecular complexity index is 660. The first kappa shape index (κ1) is 15.6. The molecule has 1 saturated carbocycles. The predicted octanol–water partition coefficient (Wildman–Crippen LogP) is 4.45. The minimum absolute atomic E-state index is 0.0969. The van der Waals surface area contributed by atoms with Crippen molar-refractivity contribution >= 4 is 11.7 Å². The SMILES string of the molecule is Cc1noc(-c2ccccc2)c1NC(=O)N(C)C1CCCCC1. The van der Waals surface area contributed by atoms with Gasteiger partial charge in [-0.2, -0.15) is 0 Å². The number of carbonyl (C=O) groups excluding carboxylic acids is 1. The van der Waals surface area contributed by atoms with Crippen LogP contribution in [0.1, 0.15) is 37.8 Å². The summed E-state index contributed by atoms with van der Waals surface area (Å²) in [7, 11) is 1.87. The van der Waals surface area contributed by atoms with Crippen LogP contribution in [0.3, 0.4) is 0 Å². The maximum atomic E-state index is 12.6. The van der Waals surface area contributed by atoms with Gasteiger partial charge in [-0.3, -0.25) is 0 Å². The quantitative estimate of drug-likeness (QED) is 0.911. The van der Waals surface area contributed by atoms with Crippen molar-refractivity contribution in [2.45, 2.75) is 45.1 Å². The Morgan fingerprint density at radius 2 is 1.91 bits per heavy atom. The van der Waals surface area contributed by atoms with Gasteiger partial charge in [0.05, 0.1) is 0 Å². The molecule has 122 valence electrons. The predicted molar refractivity (Wildman–Crippen MR) is 90.3 cm³/mol. The van der Waals surface area contributed by atoms with Crippen LogP contribution < -0.4 is 5.32 Å². The molecule has 1 aromatic carbocycles. The number of hydrogen-bond donors (Lipinski definition) is 1. The van der Waals surface area contributed by atoms with Crippen molar-refractivity contribution in [3.05, 3.63) is 36.0 Å². The topological polar surface area (TPSA) is 58.4 Å². The molecule has 5 heteroatoms. The van der Waals surface area contributed by atoms with E-state index in [9.17, 15) is 4.79 Å². The summed E-state index contributed by atoms with van der Waals surface area (Å²) in [6.45, 7) is 1.84. The van der Waals surface area contributed by atoms with Crippen LogP contribution in [0.4, 0.5) is 10.5 Å². The fourth-order valence-electron chi connectivity index (χ4n) is 3.13. The molecule has 5 nitrogen and oxygen atoms in total. The van der Waals surface area contributed by atoms with E-state index in [1.54, 1.807) is 0 Å². The number of benzene rings is 1. The summed E-state index contributed by atoms with van der Waals surface area (Å²) in [5.74, 6) is 0.605. The molecule has 0 unspecified atom stereocenters. The van der Waals surface area contributed by atoms with E-state index in [4.69, 9.17) is 4.52 Å². The Labute approximate surface area is 136 Å². The number of nitrogens with one attached hydrogen (secondary N) is 1. The highest BCUT2D eigenvalue weighted by molar-refractivity contribution is 5.94. The molecule has 23 heavy (non-hydrogen) atoms. The fraction of sp³-hybridized carbons (Fsp3) is 0.444. The number of amides is 2. The van der Waals surface area contributed by atoms with Crippen molar-refractivity contribution in [2.24, 2.45) is 0 Å². The van der Waals surface area contributed by atoms with Crippen LogP contribution in [0.15, 0.2) is 34.9 Å². The zero-order valence-corrected chi connectivity index (χ0v) is 13.7. The lowest BCUT2D eigenvalue weighted by Crippen LogP contribution is -2.41. The highest BCUT2D eigenvalue weighted by Crippen LogP contribution is 2.31. The third-order valence-corrected chi connectivity index (χ3v) is 4.57. The first-order valence-electron chi connectivity index (χ1n) is 8.22. The van der Waals surface area contributed by atoms with Crippen LogP contribution in [0.25, 0.3) is 11.3 Å². The van der Waals surface area contributed by atoms with Gasteiger partial charge in [-0.25, -0.2) is 4.79 Å². The van der Waals surface area contributed by atoms with Crippen LogP contribution >= 0.6 is 0 Å². The standard InChI is InChI=1S/C18H23N3O2/c1-13-16(17(23-20-13)14-9-5-3-6-10-14)19-18(22)21(2)15-11-7-4-8-12-15/h3,5-6,9-10,15H,4,7-8,11-12H2,1-2H3,(H,19,22). The Morgan fingerprint density at radius 3 is 2.61 bits per heavy atom. The highest BCUT2D eigenvalue weighted by atomic mass is 16.5. The number of rotatable bonds is 3. The molecular weight excluding hydrogens is 290 g/mol. The average molecular weight is 313 g/mol. The van der Waals surface area contributed by atoms with Crippen LogP contribution in [-0.4, -0.2) is 29.2 Å². The minimum atomic E-state index is -0.0969. The molecule has 3 rings (SSSR count). The van der Waals surface area contributed by atoms with Crippen molar-refractivity contribution in [1.29, 1.82) is 0 Å². The molecule has 2 amide bonds. The van der Waals surface area contributed by atoms with E-state index in [2.05, 4.69) is 10.5 Å². The number of anilines is 1. The molecule has 1 aromatic heterocycles. The maximum absolute atomic E-state index is 12.6.